The first-order valence-corrected chi connectivity index (χ1v) is 30.5. The molecule has 0 atom stereocenters. The van der Waals surface area contributed by atoms with Crippen molar-refractivity contribution in [2.75, 3.05) is 9.80 Å². The molecule has 0 N–H and O–H groups in total. The summed E-state index contributed by atoms with van der Waals surface area (Å²) < 4.78 is 0. The summed E-state index contributed by atoms with van der Waals surface area (Å²) in [5.41, 5.74) is -3.10. The number of benzene rings is 6. The van der Waals surface area contributed by atoms with E-state index >= 15 is 0 Å². The van der Waals surface area contributed by atoms with E-state index in [1.807, 2.05) is 0 Å². The van der Waals surface area contributed by atoms with Gasteiger partial charge >= 0.3 is 0 Å². The van der Waals surface area contributed by atoms with Crippen molar-refractivity contribution in [1.82, 2.24) is 9.97 Å². The lowest BCUT2D eigenvalue weighted by Crippen LogP contribution is -2.31. The molecule has 4 amide bonds. The third-order valence-corrected chi connectivity index (χ3v) is 22.5. The van der Waals surface area contributed by atoms with Gasteiger partial charge in [-0.2, -0.15) is 0 Å². The average molecular weight is 1500 g/mol. The van der Waals surface area contributed by atoms with E-state index in [0.29, 0.717) is 0 Å². The predicted molar refractivity (Wildman–Crippen MR) is 337 cm³/mol. The van der Waals surface area contributed by atoms with Crippen LogP contribution in [0.15, 0.2) is 36.4 Å². The van der Waals surface area contributed by atoms with Crippen molar-refractivity contribution in [3.05, 3.63) is 194 Å². The molecule has 30 heteroatoms. The van der Waals surface area contributed by atoms with Crippen molar-refractivity contribution in [2.24, 2.45) is 0 Å². The van der Waals surface area contributed by atoms with Crippen LogP contribution in [0.25, 0.3) is 21.8 Å². The van der Waals surface area contributed by atoms with E-state index < -0.39 is 58.6 Å². The number of aryl methyl sites for hydroxylation is 2. The lowest BCUT2D eigenvalue weighted by molar-refractivity contribution is 0.0872. The van der Waals surface area contributed by atoms with E-state index in [1.54, 1.807) is 0 Å². The van der Waals surface area contributed by atoms with Crippen molar-refractivity contribution in [1.29, 1.82) is 0 Å². The minimum absolute atomic E-state index is 0.00266. The van der Waals surface area contributed by atoms with E-state index in [4.69, 9.17) is 209 Å². The zero-order chi connectivity index (χ0) is 61.5. The van der Waals surface area contributed by atoms with E-state index in [-0.39, 0.29) is 210 Å². The fourth-order valence-electron chi connectivity index (χ4n) is 11.0. The highest BCUT2D eigenvalue weighted by atomic mass is 35.5. The molecular weight excluding hydrogens is 1480 g/mol. The number of pyridine rings is 2. The van der Waals surface area contributed by atoms with Crippen molar-refractivity contribution >= 4 is 289 Å². The maximum Gasteiger partial charge on any atom is 0.267 e. The number of amides is 4. The number of Topliss-reactive ketones (excluding diaryl/α,β-unsaturated/α-hetero) is 4. The Bertz CT molecular complexity index is 4250. The molecule has 0 bridgehead atoms. The minimum atomic E-state index is -1.64. The second-order valence-corrected chi connectivity index (χ2v) is 26.0. The molecular formula is C55H14Cl18N4O8. The van der Waals surface area contributed by atoms with Crippen LogP contribution in [0.2, 0.25) is 90.4 Å². The van der Waals surface area contributed by atoms with E-state index in [2.05, 4.69) is 9.97 Å². The predicted octanol–water partition coefficient (Wildman–Crippen LogP) is 20.6. The highest BCUT2D eigenvalue weighted by Gasteiger charge is 2.50. The summed E-state index contributed by atoms with van der Waals surface area (Å²) in [7, 11) is 0. The summed E-state index contributed by atoms with van der Waals surface area (Å²) in [5.74, 6) is -10.6. The van der Waals surface area contributed by atoms with Gasteiger partial charge in [-0.05, 0) is 66.8 Å². The highest BCUT2D eigenvalue weighted by molar-refractivity contribution is 6.60. The maximum absolute atomic E-state index is 14.8. The van der Waals surface area contributed by atoms with Gasteiger partial charge in [-0.3, -0.25) is 38.4 Å². The zero-order valence-corrected chi connectivity index (χ0v) is 54.2. The molecule has 4 aliphatic rings. The third kappa shape index (κ3) is 8.82. The Balaban J connectivity index is 0.993. The quantitative estimate of drug-likeness (QED) is 0.0618. The van der Waals surface area contributed by atoms with Crippen LogP contribution >= 0.6 is 209 Å². The fourth-order valence-corrected chi connectivity index (χ4v) is 15.6. The van der Waals surface area contributed by atoms with Crippen molar-refractivity contribution in [3.8, 4) is 0 Å². The Morgan fingerprint density at radius 2 is 0.553 bits per heavy atom. The number of hydrogen-bond donors (Lipinski definition) is 0. The van der Waals surface area contributed by atoms with Gasteiger partial charge in [0.1, 0.15) is 11.8 Å². The molecule has 0 saturated heterocycles. The molecule has 0 fully saturated rings. The van der Waals surface area contributed by atoms with Gasteiger partial charge in [-0.15, -0.1) is 0 Å². The van der Waals surface area contributed by atoms with Gasteiger partial charge in [0.25, 0.3) is 23.6 Å². The molecule has 12 nitrogen and oxygen atoms in total. The Kier molecular flexibility index (Phi) is 16.0. The molecule has 0 radical (unpaired) electrons. The van der Waals surface area contributed by atoms with Crippen LogP contribution < -0.4 is 9.80 Å². The number of halogens is 18. The average Bonchev–Trinajstić information content (AvgIpc) is 1.86. The van der Waals surface area contributed by atoms with Gasteiger partial charge in [0.05, 0.1) is 169 Å². The SMILES string of the molecule is O=C1c2c(Cl)c(Cl)c(Cl)c(Cl)c2C(=O)C1c1ccc2c(N3C(=O)c4c(Cl)c(Cl)c(Cl)c(Cl)c4C3=O)c(CCCc3cc(Cl)c4nc(C5C(=O)c6c(Cl)c(Cl)c(Cl)c(Cl)c6C5=O)ccc4c3N3C(=O)c4c(Cl)c(Cl)c(Cl)c(Cl)c4C3=O)cc(Cl)c2n1. The minimum Gasteiger partial charge on any atom is -0.293 e. The monoisotopic (exact) mass is 1490 g/mol. The van der Waals surface area contributed by atoms with Crippen molar-refractivity contribution < 1.29 is 38.4 Å². The van der Waals surface area contributed by atoms with E-state index in [1.165, 1.54) is 36.4 Å². The lowest BCUT2D eigenvalue weighted by Gasteiger charge is -2.23. The largest absolute Gasteiger partial charge is 0.293 e. The van der Waals surface area contributed by atoms with Crippen molar-refractivity contribution in [2.45, 2.75) is 31.1 Å². The maximum atomic E-state index is 14.8. The third-order valence-electron chi connectivity index (χ3n) is 14.7. The Labute approximate surface area is 566 Å². The number of imide groups is 2. The van der Waals surface area contributed by atoms with Crippen LogP contribution in [-0.4, -0.2) is 56.7 Å². The van der Waals surface area contributed by atoms with Crippen LogP contribution in [0.5, 0.6) is 0 Å². The van der Waals surface area contributed by atoms with E-state index in [9.17, 15) is 38.4 Å². The molecule has 2 aromatic heterocycles. The van der Waals surface area contributed by atoms with Crippen LogP contribution in [0.1, 0.15) is 124 Å². The van der Waals surface area contributed by atoms with Crippen LogP contribution in [0.4, 0.5) is 11.4 Å². The summed E-state index contributed by atoms with van der Waals surface area (Å²) >= 11 is 117. The first kappa shape index (κ1) is 61.6. The number of ketones is 4. The second kappa shape index (κ2) is 22.1. The zero-order valence-electron chi connectivity index (χ0n) is 40.6. The number of fused-ring (bicyclic) bond motifs is 6. The molecule has 2 aliphatic carbocycles. The molecule has 2 aliphatic heterocycles. The number of anilines is 2. The molecule has 0 saturated carbocycles. The fraction of sp³-hybridized carbons (Fsp3) is 0.0909. The lowest BCUT2D eigenvalue weighted by atomic mass is 9.94. The van der Waals surface area contributed by atoms with Crippen LogP contribution in [-0.2, 0) is 12.8 Å². The Morgan fingerprint density at radius 1 is 0.318 bits per heavy atom. The molecule has 85 heavy (non-hydrogen) atoms. The number of rotatable bonds is 8. The summed E-state index contributed by atoms with van der Waals surface area (Å²) in [6, 6.07) is 8.12. The number of carbonyl (C=O) groups is 8. The standard InChI is InChI=1S/C55H14Cl18N4O8/c56-14-8-10(46(76-52(82)24-25(53(76)83)33(63)41(71)40(70)32(24)62)12-4-6-16(74-44(12)14)18-48(78)20-21(49(18)79)29(59)37(67)36(66)28(20)58)2-1-3-11-9-15(57)45-13(47(11)77-54(84)26-27(55(77)85)35(65)43(73)42(72)34(26)64)5-7-17(75-45)19-50(80)22-23(51(19)81)31(61)39(69)38(68)30(22)60/h4-9,18-19H,1-3H2. The molecule has 8 aromatic rings. The van der Waals surface area contributed by atoms with Gasteiger partial charge in [0, 0.05) is 10.8 Å². The normalized spacial score (nSPS) is 15.1. The number of nitrogens with zero attached hydrogens (tertiary/aromatic N) is 4. The van der Waals surface area contributed by atoms with Gasteiger partial charge < -0.3 is 0 Å². The topological polar surface area (TPSA) is 169 Å². The Hall–Kier alpha value is -3.68. The van der Waals surface area contributed by atoms with Crippen molar-refractivity contribution in [3.63, 3.8) is 0 Å². The first-order chi connectivity index (χ1) is 40.1. The van der Waals surface area contributed by atoms with Crippen LogP contribution in [0, 0.1) is 0 Å². The molecule has 4 heterocycles. The van der Waals surface area contributed by atoms with Gasteiger partial charge in [0.15, 0.2) is 23.1 Å². The summed E-state index contributed by atoms with van der Waals surface area (Å²) in [6.45, 7) is 0. The summed E-state index contributed by atoms with van der Waals surface area (Å²) in [5, 5.41) is -5.30. The highest BCUT2D eigenvalue weighted by Crippen LogP contribution is 2.54. The van der Waals surface area contributed by atoms with Gasteiger partial charge in [-0.25, -0.2) is 19.8 Å². The molecule has 6 aromatic carbocycles. The van der Waals surface area contributed by atoms with E-state index in [0.717, 1.165) is 9.80 Å². The molecule has 428 valence electrons. The second-order valence-electron chi connectivity index (χ2n) is 19.1. The molecule has 0 spiro atoms. The van der Waals surface area contributed by atoms with Crippen LogP contribution in [0.3, 0.4) is 0 Å². The molecule has 12 rings (SSSR count). The van der Waals surface area contributed by atoms with Gasteiger partial charge in [-0.1, -0.05) is 209 Å². The molecule has 0 unspecified atom stereocenters. The Morgan fingerprint density at radius 3 is 0.800 bits per heavy atom. The summed E-state index contributed by atoms with van der Waals surface area (Å²) in [4.78, 5) is 126. The number of aromatic nitrogens is 2. The first-order valence-electron chi connectivity index (χ1n) is 23.7. The number of hydrogen-bond acceptors (Lipinski definition) is 10. The van der Waals surface area contributed by atoms with Gasteiger partial charge in [0.2, 0.25) is 0 Å². The smallest absolute Gasteiger partial charge is 0.267 e. The number of carbonyl (C=O) groups excluding carboxylic acids is 8. The summed E-state index contributed by atoms with van der Waals surface area (Å²) in [6.07, 6.45) is -0.226.